The topological polar surface area (TPSA) is 116 Å². The average Bonchev–Trinajstić information content (AvgIpc) is 2.62. The number of hydrogen-bond acceptors (Lipinski definition) is 5. The van der Waals surface area contributed by atoms with Crippen LogP contribution in [-0.4, -0.2) is 15.9 Å². The van der Waals surface area contributed by atoms with Gasteiger partial charge in [-0.3, -0.25) is 14.9 Å². The van der Waals surface area contributed by atoms with Crippen molar-refractivity contribution in [3.63, 3.8) is 0 Å². The van der Waals surface area contributed by atoms with Gasteiger partial charge in [0.15, 0.2) is 0 Å². The van der Waals surface area contributed by atoms with Gasteiger partial charge in [-0.2, -0.15) is 5.26 Å². The predicted octanol–water partition coefficient (Wildman–Crippen LogP) is 3.74. The fourth-order valence-corrected chi connectivity index (χ4v) is 2.48. The summed E-state index contributed by atoms with van der Waals surface area (Å²) in [6, 6.07) is 12.7. The van der Waals surface area contributed by atoms with Crippen LogP contribution < -0.4 is 5.32 Å². The molecule has 1 amide bonds. The van der Waals surface area contributed by atoms with Crippen LogP contribution in [0, 0.1) is 21.4 Å². The van der Waals surface area contributed by atoms with E-state index in [9.17, 15) is 25.3 Å². The Labute approximate surface area is 154 Å². The number of hydrogen-bond donors (Lipinski definition) is 2. The number of halogens is 1. The molecule has 0 fully saturated rings. The SMILES string of the molecule is C[C@@H](NC(=O)/C(C#N)=C\c1cc(Cl)cc([N+](=O)[O-])c1O)c1ccccc1. The van der Waals surface area contributed by atoms with E-state index in [0.29, 0.717) is 0 Å². The number of nitrogens with zero attached hydrogens (tertiary/aromatic N) is 2. The maximum absolute atomic E-state index is 12.3. The Morgan fingerprint density at radius 3 is 2.62 bits per heavy atom. The summed E-state index contributed by atoms with van der Waals surface area (Å²) in [6.07, 6.45) is 1.06. The molecule has 1 atom stereocenters. The first kappa shape index (κ1) is 19.0. The van der Waals surface area contributed by atoms with Gasteiger partial charge in [0.2, 0.25) is 5.75 Å². The minimum Gasteiger partial charge on any atom is -0.502 e. The Morgan fingerprint density at radius 1 is 1.38 bits per heavy atom. The zero-order valence-electron chi connectivity index (χ0n) is 13.6. The average molecular weight is 372 g/mol. The number of amides is 1. The molecule has 0 bridgehead atoms. The van der Waals surface area contributed by atoms with Crippen molar-refractivity contribution < 1.29 is 14.8 Å². The van der Waals surface area contributed by atoms with E-state index in [2.05, 4.69) is 5.32 Å². The van der Waals surface area contributed by atoms with E-state index in [-0.39, 0.29) is 22.2 Å². The number of rotatable bonds is 5. The highest BCUT2D eigenvalue weighted by atomic mass is 35.5. The maximum Gasteiger partial charge on any atom is 0.312 e. The van der Waals surface area contributed by atoms with Crippen molar-refractivity contribution in [1.82, 2.24) is 5.32 Å². The molecule has 8 heteroatoms. The summed E-state index contributed by atoms with van der Waals surface area (Å²) < 4.78 is 0. The van der Waals surface area contributed by atoms with Crippen molar-refractivity contribution in [2.24, 2.45) is 0 Å². The van der Waals surface area contributed by atoms with Crippen molar-refractivity contribution in [3.8, 4) is 11.8 Å². The van der Waals surface area contributed by atoms with Gasteiger partial charge in [0, 0.05) is 16.7 Å². The van der Waals surface area contributed by atoms with Gasteiger partial charge in [-0.25, -0.2) is 0 Å². The highest BCUT2D eigenvalue weighted by Gasteiger charge is 2.20. The summed E-state index contributed by atoms with van der Waals surface area (Å²) in [5, 5.41) is 32.8. The Bertz CT molecular complexity index is 920. The molecule has 0 aromatic heterocycles. The van der Waals surface area contributed by atoms with Gasteiger partial charge in [-0.05, 0) is 24.6 Å². The van der Waals surface area contributed by atoms with Gasteiger partial charge in [0.25, 0.3) is 5.91 Å². The first-order chi connectivity index (χ1) is 12.3. The monoisotopic (exact) mass is 371 g/mol. The van der Waals surface area contributed by atoms with Crippen LogP contribution in [0.25, 0.3) is 6.08 Å². The summed E-state index contributed by atoms with van der Waals surface area (Å²) in [5.41, 5.74) is -0.179. The summed E-state index contributed by atoms with van der Waals surface area (Å²) in [4.78, 5) is 22.5. The van der Waals surface area contributed by atoms with E-state index >= 15 is 0 Å². The molecule has 7 nitrogen and oxygen atoms in total. The standard InChI is InChI=1S/C18H14ClN3O4/c1-11(12-5-3-2-4-6-12)21-18(24)14(10-20)7-13-8-15(19)9-16(17(13)23)22(25)26/h2-9,11,23H,1H3,(H,21,24)/b14-7-/t11-/m1/s1. The Balaban J connectivity index is 2.32. The van der Waals surface area contributed by atoms with Crippen molar-refractivity contribution in [1.29, 1.82) is 5.26 Å². The fourth-order valence-electron chi connectivity index (χ4n) is 2.26. The normalized spacial score (nSPS) is 12.1. The zero-order chi connectivity index (χ0) is 19.3. The van der Waals surface area contributed by atoms with Crippen molar-refractivity contribution in [3.05, 3.63) is 74.3 Å². The van der Waals surface area contributed by atoms with Gasteiger partial charge in [-0.1, -0.05) is 41.9 Å². The number of nitrogens with one attached hydrogen (secondary N) is 1. The molecular formula is C18H14ClN3O4. The predicted molar refractivity (Wildman–Crippen MR) is 96.4 cm³/mol. The van der Waals surface area contributed by atoms with E-state index in [1.807, 2.05) is 30.3 Å². The molecule has 132 valence electrons. The maximum atomic E-state index is 12.3. The molecule has 0 aliphatic rings. The van der Waals surface area contributed by atoms with Crippen molar-refractivity contribution in [2.75, 3.05) is 0 Å². The number of nitriles is 1. The number of nitro groups is 1. The van der Waals surface area contributed by atoms with Crippen molar-refractivity contribution >= 4 is 29.3 Å². The molecule has 0 saturated heterocycles. The third kappa shape index (κ3) is 4.37. The zero-order valence-corrected chi connectivity index (χ0v) is 14.4. The lowest BCUT2D eigenvalue weighted by molar-refractivity contribution is -0.385. The van der Waals surface area contributed by atoms with Crippen LogP contribution >= 0.6 is 11.6 Å². The second-order valence-corrected chi connectivity index (χ2v) is 5.83. The summed E-state index contributed by atoms with van der Waals surface area (Å²) in [5.74, 6) is -1.35. The van der Waals surface area contributed by atoms with Crippen LogP contribution in [0.3, 0.4) is 0 Å². The van der Waals surface area contributed by atoms with Gasteiger partial charge in [-0.15, -0.1) is 0 Å². The quantitative estimate of drug-likeness (QED) is 0.359. The molecule has 0 heterocycles. The van der Waals surface area contributed by atoms with E-state index in [1.165, 1.54) is 6.07 Å². The first-order valence-corrected chi connectivity index (χ1v) is 7.85. The van der Waals surface area contributed by atoms with E-state index in [0.717, 1.165) is 17.7 Å². The van der Waals surface area contributed by atoms with Crippen molar-refractivity contribution in [2.45, 2.75) is 13.0 Å². The van der Waals surface area contributed by atoms with Crippen LogP contribution in [-0.2, 0) is 4.79 Å². The molecule has 0 radical (unpaired) electrons. The molecule has 26 heavy (non-hydrogen) atoms. The molecule has 2 rings (SSSR count). The molecule has 2 aromatic carbocycles. The van der Waals surface area contributed by atoms with Gasteiger partial charge in [0.1, 0.15) is 11.6 Å². The number of benzene rings is 2. The molecular weight excluding hydrogens is 358 g/mol. The highest BCUT2D eigenvalue weighted by Crippen LogP contribution is 2.34. The van der Waals surface area contributed by atoms with Crippen LogP contribution in [0.4, 0.5) is 5.69 Å². The third-order valence-corrected chi connectivity index (χ3v) is 3.81. The first-order valence-electron chi connectivity index (χ1n) is 7.48. The smallest absolute Gasteiger partial charge is 0.312 e. The van der Waals surface area contributed by atoms with Crippen LogP contribution in [0.15, 0.2) is 48.0 Å². The van der Waals surface area contributed by atoms with Crippen LogP contribution in [0.1, 0.15) is 24.1 Å². The lowest BCUT2D eigenvalue weighted by Crippen LogP contribution is -2.27. The van der Waals surface area contributed by atoms with E-state index in [1.54, 1.807) is 13.0 Å². The molecule has 0 saturated carbocycles. The third-order valence-electron chi connectivity index (χ3n) is 3.59. The number of phenols is 1. The minimum absolute atomic E-state index is 0.00361. The largest absolute Gasteiger partial charge is 0.502 e. The molecule has 0 aliphatic heterocycles. The van der Waals surface area contributed by atoms with Gasteiger partial charge < -0.3 is 10.4 Å². The number of carbonyl (C=O) groups excluding carboxylic acids is 1. The Kier molecular flexibility index (Phi) is 5.94. The van der Waals surface area contributed by atoms with Crippen LogP contribution in [0.2, 0.25) is 5.02 Å². The lowest BCUT2D eigenvalue weighted by atomic mass is 10.1. The van der Waals surface area contributed by atoms with Crippen LogP contribution in [0.5, 0.6) is 5.75 Å². The second-order valence-electron chi connectivity index (χ2n) is 5.40. The van der Waals surface area contributed by atoms with Gasteiger partial charge >= 0.3 is 5.69 Å². The molecule has 0 aliphatic carbocycles. The molecule has 2 aromatic rings. The Morgan fingerprint density at radius 2 is 2.04 bits per heavy atom. The summed E-state index contributed by atoms with van der Waals surface area (Å²) in [6.45, 7) is 1.75. The number of phenolic OH excluding ortho intramolecular Hbond substituents is 1. The number of carbonyl (C=O) groups is 1. The summed E-state index contributed by atoms with van der Waals surface area (Å²) in [7, 11) is 0. The molecule has 2 N–H and O–H groups in total. The lowest BCUT2D eigenvalue weighted by Gasteiger charge is -2.13. The second kappa shape index (κ2) is 8.14. The van der Waals surface area contributed by atoms with E-state index < -0.39 is 22.3 Å². The number of aromatic hydroxyl groups is 1. The van der Waals surface area contributed by atoms with Gasteiger partial charge in [0.05, 0.1) is 11.0 Å². The molecule has 0 spiro atoms. The number of nitro benzene ring substituents is 1. The fraction of sp³-hybridized carbons (Fsp3) is 0.111. The minimum atomic E-state index is -0.803. The van der Waals surface area contributed by atoms with E-state index in [4.69, 9.17) is 11.6 Å². The molecule has 0 unspecified atom stereocenters. The highest BCUT2D eigenvalue weighted by molar-refractivity contribution is 6.31. The summed E-state index contributed by atoms with van der Waals surface area (Å²) >= 11 is 5.81. The Hall–Kier alpha value is -3.37.